The second-order valence-corrected chi connectivity index (χ2v) is 11.6. The van der Waals surface area contributed by atoms with Crippen LogP contribution in [-0.4, -0.2) is 83.9 Å². The van der Waals surface area contributed by atoms with Gasteiger partial charge in [-0.25, -0.2) is 9.98 Å². The number of nitrogens with one attached hydrogen (secondary N) is 2. The minimum absolute atomic E-state index is 0.0151. The average Bonchev–Trinajstić information content (AvgIpc) is 3.03. The SMILES string of the molecule is C=CNc1c(N)nc(N2CCN(C3CCN(C)CC3)CC2)nc1C(N)=Nc1cc(C(=O)Nc2cccc(C(F)(F)F)c2)ccc1C. The van der Waals surface area contributed by atoms with Gasteiger partial charge in [0.1, 0.15) is 11.4 Å². The Labute approximate surface area is 266 Å². The van der Waals surface area contributed by atoms with Crippen LogP contribution in [0.1, 0.15) is 40.0 Å². The summed E-state index contributed by atoms with van der Waals surface area (Å²) in [5.74, 6) is 0.0514. The van der Waals surface area contributed by atoms with Crippen molar-refractivity contribution in [2.45, 2.75) is 32.0 Å². The van der Waals surface area contributed by atoms with Gasteiger partial charge >= 0.3 is 6.18 Å². The van der Waals surface area contributed by atoms with Gasteiger partial charge in [0.25, 0.3) is 5.91 Å². The molecule has 11 nitrogen and oxygen atoms in total. The number of hydrogen-bond donors (Lipinski definition) is 4. The molecule has 2 fully saturated rings. The predicted octanol–water partition coefficient (Wildman–Crippen LogP) is 4.45. The monoisotopic (exact) mass is 636 g/mol. The number of carbonyl (C=O) groups excluding carboxylic acids is 1. The van der Waals surface area contributed by atoms with E-state index in [1.165, 1.54) is 24.4 Å². The zero-order chi connectivity index (χ0) is 33.0. The van der Waals surface area contributed by atoms with Gasteiger partial charge in [-0.1, -0.05) is 18.7 Å². The third kappa shape index (κ3) is 7.57. The molecule has 3 aromatic rings. The number of aryl methyl sites for hydroxylation is 1. The molecule has 0 saturated carbocycles. The number of aliphatic imine (C=N–C) groups is 1. The summed E-state index contributed by atoms with van der Waals surface area (Å²) in [6, 6.07) is 9.77. The summed E-state index contributed by atoms with van der Waals surface area (Å²) in [7, 11) is 2.16. The molecule has 2 saturated heterocycles. The van der Waals surface area contributed by atoms with Gasteiger partial charge in [0.15, 0.2) is 11.7 Å². The van der Waals surface area contributed by atoms with Crippen LogP contribution >= 0.6 is 0 Å². The van der Waals surface area contributed by atoms with Gasteiger partial charge in [-0.2, -0.15) is 18.2 Å². The fourth-order valence-electron chi connectivity index (χ4n) is 5.71. The number of piperidine rings is 1. The zero-order valence-corrected chi connectivity index (χ0v) is 25.9. The van der Waals surface area contributed by atoms with Crippen LogP contribution in [0.4, 0.5) is 42.0 Å². The lowest BCUT2D eigenvalue weighted by Crippen LogP contribution is -2.53. The first-order chi connectivity index (χ1) is 21.9. The second kappa shape index (κ2) is 13.7. The number of hydrogen-bond acceptors (Lipinski definition) is 9. The van der Waals surface area contributed by atoms with Gasteiger partial charge in [0.05, 0.1) is 11.3 Å². The van der Waals surface area contributed by atoms with Crippen molar-refractivity contribution in [1.29, 1.82) is 0 Å². The van der Waals surface area contributed by atoms with Crippen LogP contribution in [0.3, 0.4) is 0 Å². The highest BCUT2D eigenvalue weighted by molar-refractivity contribution is 6.06. The summed E-state index contributed by atoms with van der Waals surface area (Å²) in [6.45, 7) is 11.0. The number of nitrogens with two attached hydrogens (primary N) is 2. The Bertz CT molecular complexity index is 1610. The van der Waals surface area contributed by atoms with Crippen molar-refractivity contribution in [2.75, 3.05) is 67.6 Å². The Morgan fingerprint density at radius 1 is 1.07 bits per heavy atom. The van der Waals surface area contributed by atoms with E-state index in [4.69, 9.17) is 16.5 Å². The normalized spacial score (nSPS) is 17.2. The number of likely N-dealkylation sites (tertiary alicyclic amines) is 1. The van der Waals surface area contributed by atoms with E-state index in [9.17, 15) is 18.0 Å². The number of rotatable bonds is 8. The molecule has 1 aromatic heterocycles. The molecule has 1 amide bonds. The number of alkyl halides is 3. The minimum Gasteiger partial charge on any atom is -0.382 e. The Morgan fingerprint density at radius 3 is 2.46 bits per heavy atom. The molecule has 0 spiro atoms. The third-order valence-electron chi connectivity index (χ3n) is 8.38. The zero-order valence-electron chi connectivity index (χ0n) is 25.9. The predicted molar refractivity (Wildman–Crippen MR) is 176 cm³/mol. The fourth-order valence-corrected chi connectivity index (χ4v) is 5.71. The number of anilines is 4. The molecular formula is C32H39F3N10O. The van der Waals surface area contributed by atoms with Crippen molar-refractivity contribution >= 4 is 40.6 Å². The molecule has 2 aliphatic heterocycles. The van der Waals surface area contributed by atoms with Gasteiger partial charge in [-0.15, -0.1) is 0 Å². The molecule has 5 rings (SSSR count). The average molecular weight is 637 g/mol. The lowest BCUT2D eigenvalue weighted by molar-refractivity contribution is -0.137. The fraction of sp³-hybridized carbons (Fsp3) is 0.375. The molecule has 2 aliphatic rings. The molecular weight excluding hydrogens is 597 g/mol. The number of carbonyl (C=O) groups is 1. The first kappa shape index (κ1) is 32.7. The van der Waals surface area contributed by atoms with Gasteiger partial charge in [0, 0.05) is 43.5 Å². The molecule has 0 unspecified atom stereocenters. The maximum absolute atomic E-state index is 13.1. The van der Waals surface area contributed by atoms with Gasteiger partial charge in [0.2, 0.25) is 5.95 Å². The number of aromatic nitrogens is 2. The maximum atomic E-state index is 13.1. The molecule has 3 heterocycles. The van der Waals surface area contributed by atoms with E-state index < -0.39 is 17.6 Å². The van der Waals surface area contributed by atoms with Crippen LogP contribution in [0.2, 0.25) is 0 Å². The molecule has 14 heteroatoms. The molecule has 0 atom stereocenters. The summed E-state index contributed by atoms with van der Waals surface area (Å²) in [4.78, 5) is 33.9. The van der Waals surface area contributed by atoms with E-state index in [0.29, 0.717) is 28.9 Å². The number of benzene rings is 2. The van der Waals surface area contributed by atoms with Crippen LogP contribution in [-0.2, 0) is 6.18 Å². The Hall–Kier alpha value is -4.69. The molecule has 2 aromatic carbocycles. The molecule has 0 bridgehead atoms. The van der Waals surface area contributed by atoms with E-state index >= 15 is 0 Å². The van der Waals surface area contributed by atoms with E-state index in [0.717, 1.165) is 64.2 Å². The first-order valence-electron chi connectivity index (χ1n) is 15.1. The summed E-state index contributed by atoms with van der Waals surface area (Å²) >= 11 is 0. The van der Waals surface area contributed by atoms with Gasteiger partial charge in [-0.3, -0.25) is 9.69 Å². The van der Waals surface area contributed by atoms with Crippen LogP contribution in [0, 0.1) is 6.92 Å². The highest BCUT2D eigenvalue weighted by atomic mass is 19.4. The van der Waals surface area contributed by atoms with Crippen molar-refractivity contribution in [3.8, 4) is 0 Å². The van der Waals surface area contributed by atoms with Gasteiger partial charge < -0.3 is 31.9 Å². The number of amides is 1. The number of nitrogen functional groups attached to an aromatic ring is 1. The summed E-state index contributed by atoms with van der Waals surface area (Å²) in [6.07, 6.45) is -0.774. The summed E-state index contributed by atoms with van der Waals surface area (Å²) in [5.41, 5.74) is 13.9. The standard InChI is InChI=1S/C32H39F3N10O/c1-4-38-26-27(41-31(42-28(26)36)45-16-14-44(15-17-45)24-10-12-43(3)13-11-24)29(37)40-25-18-21(9-8-20(25)2)30(46)39-23-7-5-6-22(19-23)32(33,34)35/h4-9,18-19,24,38H,1,10-17H2,2-3H3,(H2,37,40)(H,39,46)(H2,36,41,42). The lowest BCUT2D eigenvalue weighted by atomic mass is 10.0. The Morgan fingerprint density at radius 2 is 1.78 bits per heavy atom. The van der Waals surface area contributed by atoms with E-state index in [-0.39, 0.29) is 28.6 Å². The molecule has 0 radical (unpaired) electrons. The largest absolute Gasteiger partial charge is 0.416 e. The van der Waals surface area contributed by atoms with Crippen molar-refractivity contribution in [2.24, 2.45) is 10.7 Å². The maximum Gasteiger partial charge on any atom is 0.416 e. The van der Waals surface area contributed by atoms with Crippen LogP contribution in [0.5, 0.6) is 0 Å². The van der Waals surface area contributed by atoms with Crippen molar-refractivity contribution in [1.82, 2.24) is 19.8 Å². The molecule has 0 aliphatic carbocycles. The number of halogens is 3. The number of amidine groups is 1. The minimum atomic E-state index is -4.53. The molecule has 46 heavy (non-hydrogen) atoms. The first-order valence-corrected chi connectivity index (χ1v) is 15.1. The Balaban J connectivity index is 1.37. The quantitative estimate of drug-likeness (QED) is 0.209. The van der Waals surface area contributed by atoms with Crippen molar-refractivity contribution in [3.05, 3.63) is 77.6 Å². The Kier molecular flexibility index (Phi) is 9.77. The number of nitrogens with zero attached hydrogens (tertiary/aromatic N) is 6. The molecule has 244 valence electrons. The van der Waals surface area contributed by atoms with Crippen LogP contribution in [0.25, 0.3) is 0 Å². The van der Waals surface area contributed by atoms with Crippen LogP contribution in [0.15, 0.2) is 60.2 Å². The van der Waals surface area contributed by atoms with Crippen LogP contribution < -0.4 is 27.0 Å². The summed E-state index contributed by atoms with van der Waals surface area (Å²) < 4.78 is 39.4. The molecule has 6 N–H and O–H groups in total. The lowest BCUT2D eigenvalue weighted by Gasteiger charge is -2.42. The van der Waals surface area contributed by atoms with E-state index in [2.05, 4.69) is 48.9 Å². The van der Waals surface area contributed by atoms with Crippen molar-refractivity contribution < 1.29 is 18.0 Å². The highest BCUT2D eigenvalue weighted by Crippen LogP contribution is 2.31. The second-order valence-electron chi connectivity index (χ2n) is 11.6. The topological polar surface area (TPSA) is 141 Å². The third-order valence-corrected chi connectivity index (χ3v) is 8.38. The summed E-state index contributed by atoms with van der Waals surface area (Å²) in [5, 5.41) is 5.48. The van der Waals surface area contributed by atoms with E-state index in [1.807, 2.05) is 0 Å². The van der Waals surface area contributed by atoms with Gasteiger partial charge in [-0.05, 0) is 82.0 Å². The number of piperazine rings is 1. The highest BCUT2D eigenvalue weighted by Gasteiger charge is 2.31. The van der Waals surface area contributed by atoms with E-state index in [1.54, 1.807) is 19.1 Å². The smallest absolute Gasteiger partial charge is 0.382 e. The van der Waals surface area contributed by atoms with Crippen molar-refractivity contribution in [3.63, 3.8) is 0 Å².